The van der Waals surface area contributed by atoms with E-state index >= 15 is 0 Å². The second-order valence-electron chi connectivity index (χ2n) is 4.67. The minimum Gasteiger partial charge on any atom is -0.384 e. The molecule has 1 saturated heterocycles. The molecule has 1 aromatic carbocycles. The fraction of sp³-hybridized carbons (Fsp3) is 0.571. The molecule has 0 radical (unpaired) electrons. The highest BCUT2D eigenvalue weighted by Gasteiger charge is 2.32. The average Bonchev–Trinajstić information content (AvgIpc) is 2.73. The summed E-state index contributed by atoms with van der Waals surface area (Å²) in [5.74, 6) is 0.494. The van der Waals surface area contributed by atoms with Crippen molar-refractivity contribution in [2.24, 2.45) is 5.92 Å². The highest BCUT2D eigenvalue weighted by Crippen LogP contribution is 2.21. The maximum atomic E-state index is 5.52. The van der Waals surface area contributed by atoms with Gasteiger partial charge in [0, 0.05) is 39.8 Å². The van der Waals surface area contributed by atoms with Gasteiger partial charge in [-0.2, -0.15) is 0 Å². The third-order valence-electron chi connectivity index (χ3n) is 3.39. The van der Waals surface area contributed by atoms with Crippen molar-refractivity contribution < 1.29 is 9.47 Å². The average molecular weight is 235 g/mol. The molecule has 0 bridgehead atoms. The lowest BCUT2D eigenvalue weighted by Crippen LogP contribution is -2.24. The molecule has 0 N–H and O–H groups in total. The minimum absolute atomic E-state index is 0.304. The van der Waals surface area contributed by atoms with Gasteiger partial charge in [-0.05, 0) is 5.56 Å². The second kappa shape index (κ2) is 6.15. The van der Waals surface area contributed by atoms with Crippen molar-refractivity contribution in [1.29, 1.82) is 0 Å². The number of rotatable bonds is 5. The van der Waals surface area contributed by atoms with Gasteiger partial charge in [0.25, 0.3) is 0 Å². The lowest BCUT2D eigenvalue weighted by Gasteiger charge is -2.15. The Morgan fingerprint density at radius 3 is 2.59 bits per heavy atom. The number of nitrogens with zero attached hydrogens (tertiary/aromatic N) is 1. The first-order valence-electron chi connectivity index (χ1n) is 6.11. The molecule has 0 aliphatic carbocycles. The molecule has 2 rings (SSSR count). The first kappa shape index (κ1) is 12.6. The van der Waals surface area contributed by atoms with E-state index in [1.54, 1.807) is 14.2 Å². The molecule has 94 valence electrons. The predicted molar refractivity (Wildman–Crippen MR) is 67.9 cm³/mol. The van der Waals surface area contributed by atoms with Gasteiger partial charge < -0.3 is 9.47 Å². The standard InChI is InChI=1S/C14H21NO2/c1-16-11-13-9-15(10-14(13)17-2)8-12-6-4-3-5-7-12/h3-7,13-14H,8-11H2,1-2H3/t13-,14?/m1/s1. The Morgan fingerprint density at radius 2 is 1.94 bits per heavy atom. The zero-order valence-electron chi connectivity index (χ0n) is 10.6. The molecule has 0 aromatic heterocycles. The van der Waals surface area contributed by atoms with Crippen LogP contribution in [-0.2, 0) is 16.0 Å². The topological polar surface area (TPSA) is 21.7 Å². The highest BCUT2D eigenvalue weighted by atomic mass is 16.5. The molecule has 2 atom stereocenters. The van der Waals surface area contributed by atoms with E-state index in [2.05, 4.69) is 35.2 Å². The Balaban J connectivity index is 1.91. The molecule has 17 heavy (non-hydrogen) atoms. The van der Waals surface area contributed by atoms with Gasteiger partial charge in [0.2, 0.25) is 0 Å². The Bertz CT molecular complexity index is 328. The van der Waals surface area contributed by atoms with Gasteiger partial charge >= 0.3 is 0 Å². The van der Waals surface area contributed by atoms with Gasteiger partial charge in [-0.15, -0.1) is 0 Å². The van der Waals surface area contributed by atoms with E-state index < -0.39 is 0 Å². The monoisotopic (exact) mass is 235 g/mol. The zero-order chi connectivity index (χ0) is 12.1. The van der Waals surface area contributed by atoms with Crippen LogP contribution < -0.4 is 0 Å². The smallest absolute Gasteiger partial charge is 0.0760 e. The number of ether oxygens (including phenoxy) is 2. The molecule has 3 nitrogen and oxygen atoms in total. The van der Waals surface area contributed by atoms with Crippen molar-refractivity contribution in [3.63, 3.8) is 0 Å². The van der Waals surface area contributed by atoms with Crippen LogP contribution in [0.1, 0.15) is 5.56 Å². The third-order valence-corrected chi connectivity index (χ3v) is 3.39. The Hall–Kier alpha value is -0.900. The van der Waals surface area contributed by atoms with Crippen LogP contribution in [0, 0.1) is 5.92 Å². The van der Waals surface area contributed by atoms with Crippen LogP contribution in [0.15, 0.2) is 30.3 Å². The molecule has 0 saturated carbocycles. The zero-order valence-corrected chi connectivity index (χ0v) is 10.6. The summed E-state index contributed by atoms with van der Waals surface area (Å²) in [7, 11) is 3.55. The van der Waals surface area contributed by atoms with Crippen molar-refractivity contribution in [1.82, 2.24) is 4.90 Å². The van der Waals surface area contributed by atoms with Crippen LogP contribution in [0.3, 0.4) is 0 Å². The molecule has 1 aliphatic heterocycles. The summed E-state index contributed by atoms with van der Waals surface area (Å²) in [6, 6.07) is 10.6. The van der Waals surface area contributed by atoms with Crippen molar-refractivity contribution >= 4 is 0 Å². The Morgan fingerprint density at radius 1 is 1.18 bits per heavy atom. The molecular weight excluding hydrogens is 214 g/mol. The van der Waals surface area contributed by atoms with Crippen molar-refractivity contribution in [3.05, 3.63) is 35.9 Å². The fourth-order valence-electron chi connectivity index (χ4n) is 2.54. The summed E-state index contributed by atoms with van der Waals surface area (Å²) in [6.45, 7) is 3.84. The molecule has 1 unspecified atom stereocenters. The summed E-state index contributed by atoms with van der Waals surface area (Å²) in [4.78, 5) is 2.44. The Kier molecular flexibility index (Phi) is 4.54. The molecule has 1 heterocycles. The summed E-state index contributed by atoms with van der Waals surface area (Å²) < 4.78 is 10.8. The first-order valence-corrected chi connectivity index (χ1v) is 6.11. The normalized spacial score (nSPS) is 25.3. The van der Waals surface area contributed by atoms with Gasteiger partial charge in [-0.1, -0.05) is 30.3 Å². The molecule has 3 heteroatoms. The number of hydrogen-bond acceptors (Lipinski definition) is 3. The van der Waals surface area contributed by atoms with Gasteiger partial charge in [0.1, 0.15) is 0 Å². The van der Waals surface area contributed by atoms with Gasteiger partial charge in [0.05, 0.1) is 12.7 Å². The number of hydrogen-bond donors (Lipinski definition) is 0. The van der Waals surface area contributed by atoms with Crippen LogP contribution in [-0.4, -0.2) is 44.9 Å². The largest absolute Gasteiger partial charge is 0.384 e. The Labute approximate surface area is 103 Å². The molecule has 0 spiro atoms. The number of methoxy groups -OCH3 is 2. The van der Waals surface area contributed by atoms with E-state index in [-0.39, 0.29) is 0 Å². The molecule has 0 amide bonds. The van der Waals surface area contributed by atoms with E-state index in [0.717, 1.165) is 26.2 Å². The lowest BCUT2D eigenvalue weighted by atomic mass is 10.1. The van der Waals surface area contributed by atoms with E-state index in [1.165, 1.54) is 5.56 Å². The third kappa shape index (κ3) is 3.28. The van der Waals surface area contributed by atoms with Crippen LogP contribution >= 0.6 is 0 Å². The van der Waals surface area contributed by atoms with Crippen molar-refractivity contribution in [3.8, 4) is 0 Å². The fourth-order valence-corrected chi connectivity index (χ4v) is 2.54. The van der Waals surface area contributed by atoms with Gasteiger partial charge in [-0.25, -0.2) is 0 Å². The number of likely N-dealkylation sites (tertiary alicyclic amines) is 1. The van der Waals surface area contributed by atoms with Gasteiger partial charge in [0.15, 0.2) is 0 Å². The molecular formula is C14H21NO2. The predicted octanol–water partition coefficient (Wildman–Crippen LogP) is 1.78. The van der Waals surface area contributed by atoms with Crippen LogP contribution in [0.4, 0.5) is 0 Å². The summed E-state index contributed by atoms with van der Waals surface area (Å²) in [5.41, 5.74) is 1.36. The maximum Gasteiger partial charge on any atom is 0.0760 e. The summed E-state index contributed by atoms with van der Waals surface area (Å²) in [5, 5.41) is 0. The number of benzene rings is 1. The van der Waals surface area contributed by atoms with Crippen molar-refractivity contribution in [2.75, 3.05) is 33.9 Å². The molecule has 1 aliphatic rings. The van der Waals surface area contributed by atoms with Crippen LogP contribution in [0.2, 0.25) is 0 Å². The van der Waals surface area contributed by atoms with Gasteiger partial charge in [-0.3, -0.25) is 4.90 Å². The van der Waals surface area contributed by atoms with E-state index in [4.69, 9.17) is 9.47 Å². The van der Waals surface area contributed by atoms with E-state index in [9.17, 15) is 0 Å². The summed E-state index contributed by atoms with van der Waals surface area (Å²) in [6.07, 6.45) is 0.304. The molecule has 1 aromatic rings. The minimum atomic E-state index is 0.304. The first-order chi connectivity index (χ1) is 8.33. The van der Waals surface area contributed by atoms with Crippen LogP contribution in [0.25, 0.3) is 0 Å². The molecule has 1 fully saturated rings. The highest BCUT2D eigenvalue weighted by molar-refractivity contribution is 5.14. The van der Waals surface area contributed by atoms with Crippen LogP contribution in [0.5, 0.6) is 0 Å². The van der Waals surface area contributed by atoms with E-state index in [1.807, 2.05) is 0 Å². The SMILES string of the molecule is COC[C@H]1CN(Cc2ccccc2)CC1OC. The maximum absolute atomic E-state index is 5.52. The second-order valence-corrected chi connectivity index (χ2v) is 4.67. The van der Waals surface area contributed by atoms with Crippen molar-refractivity contribution in [2.45, 2.75) is 12.6 Å². The van der Waals surface area contributed by atoms with E-state index in [0.29, 0.717) is 12.0 Å². The summed E-state index contributed by atoms with van der Waals surface area (Å²) >= 11 is 0. The quantitative estimate of drug-likeness (QED) is 0.776. The lowest BCUT2D eigenvalue weighted by molar-refractivity contribution is 0.0429.